The molecule has 0 aliphatic heterocycles. The highest BCUT2D eigenvalue weighted by molar-refractivity contribution is 7.07. The van der Waals surface area contributed by atoms with Gasteiger partial charge in [-0.2, -0.15) is 0 Å². The molecule has 2 aromatic carbocycles. The molecule has 0 radical (unpaired) electrons. The number of nitrogens with zero attached hydrogens (tertiary/aromatic N) is 5. The maximum Gasteiger partial charge on any atom is 0.269 e. The maximum atomic E-state index is 13.2. The third kappa shape index (κ3) is 4.52. The number of non-ortho nitro benzene ring substituents is 1. The minimum Gasteiger partial charge on any atom is -0.337 e. The van der Waals surface area contributed by atoms with Crippen LogP contribution >= 0.6 is 11.3 Å². The standard InChI is InChI=1S/C21H18FN5O2S/c22-17-4-6-18(7-5-17)24-21-26(12-1-11-25-13-10-23-15-25)20(14-30-21)16-2-8-19(9-3-16)27(28)29/h2-10,13-15H,1,11-12H2. The summed E-state index contributed by atoms with van der Waals surface area (Å²) in [7, 11) is 0. The van der Waals surface area contributed by atoms with Gasteiger partial charge in [0.25, 0.3) is 5.69 Å². The zero-order valence-electron chi connectivity index (χ0n) is 15.9. The number of aryl methyl sites for hydroxylation is 1. The van der Waals surface area contributed by atoms with Gasteiger partial charge in [-0.1, -0.05) is 0 Å². The van der Waals surface area contributed by atoms with Gasteiger partial charge in [0.2, 0.25) is 0 Å². The van der Waals surface area contributed by atoms with E-state index < -0.39 is 4.92 Å². The Bertz CT molecular complexity index is 1200. The zero-order chi connectivity index (χ0) is 20.9. The number of benzene rings is 2. The molecule has 0 saturated heterocycles. The van der Waals surface area contributed by atoms with Gasteiger partial charge in [-0.05, 0) is 48.4 Å². The number of halogens is 1. The summed E-state index contributed by atoms with van der Waals surface area (Å²) in [6.07, 6.45) is 6.29. The minimum absolute atomic E-state index is 0.0526. The van der Waals surface area contributed by atoms with Crippen molar-refractivity contribution in [3.63, 3.8) is 0 Å². The average Bonchev–Trinajstić information content (AvgIpc) is 3.40. The van der Waals surface area contributed by atoms with Crippen molar-refractivity contribution in [2.45, 2.75) is 19.5 Å². The van der Waals surface area contributed by atoms with Crippen LogP contribution in [-0.4, -0.2) is 19.0 Å². The first kappa shape index (κ1) is 19.7. The van der Waals surface area contributed by atoms with Crippen LogP contribution in [0.25, 0.3) is 11.3 Å². The van der Waals surface area contributed by atoms with Gasteiger partial charge >= 0.3 is 0 Å². The Kier molecular flexibility index (Phi) is 5.80. The molecule has 0 bridgehead atoms. The molecule has 0 N–H and O–H groups in total. The molecule has 0 atom stereocenters. The van der Waals surface area contributed by atoms with Crippen LogP contribution in [0.15, 0.2) is 77.6 Å². The Hall–Kier alpha value is -3.59. The van der Waals surface area contributed by atoms with E-state index in [4.69, 9.17) is 0 Å². The zero-order valence-corrected chi connectivity index (χ0v) is 16.7. The van der Waals surface area contributed by atoms with Crippen LogP contribution < -0.4 is 4.80 Å². The predicted molar refractivity (Wildman–Crippen MR) is 113 cm³/mol. The molecule has 0 unspecified atom stereocenters. The molecule has 0 saturated carbocycles. The molecule has 30 heavy (non-hydrogen) atoms. The molecule has 0 amide bonds. The summed E-state index contributed by atoms with van der Waals surface area (Å²) >= 11 is 1.48. The molecule has 2 heterocycles. The average molecular weight is 423 g/mol. The first-order chi connectivity index (χ1) is 14.6. The van der Waals surface area contributed by atoms with Crippen molar-refractivity contribution >= 4 is 22.7 Å². The number of nitro groups is 1. The molecule has 0 fully saturated rings. The van der Waals surface area contributed by atoms with Crippen LogP contribution in [0, 0.1) is 15.9 Å². The molecule has 152 valence electrons. The van der Waals surface area contributed by atoms with Crippen LogP contribution in [0.2, 0.25) is 0 Å². The first-order valence-corrected chi connectivity index (χ1v) is 10.2. The molecular formula is C21H18FN5O2S. The molecule has 7 nitrogen and oxygen atoms in total. The summed E-state index contributed by atoms with van der Waals surface area (Å²) in [6, 6.07) is 12.5. The van der Waals surface area contributed by atoms with Crippen molar-refractivity contribution in [2.75, 3.05) is 0 Å². The van der Waals surface area contributed by atoms with Crippen LogP contribution in [0.3, 0.4) is 0 Å². The van der Waals surface area contributed by atoms with Crippen molar-refractivity contribution in [2.24, 2.45) is 4.99 Å². The van der Waals surface area contributed by atoms with Crippen LogP contribution in [0.4, 0.5) is 15.8 Å². The molecule has 2 aromatic heterocycles. The van der Waals surface area contributed by atoms with E-state index in [-0.39, 0.29) is 11.5 Å². The highest BCUT2D eigenvalue weighted by Gasteiger charge is 2.11. The van der Waals surface area contributed by atoms with E-state index in [1.807, 2.05) is 16.1 Å². The quantitative estimate of drug-likeness (QED) is 0.317. The second-order valence-electron chi connectivity index (χ2n) is 6.60. The first-order valence-electron chi connectivity index (χ1n) is 9.29. The second kappa shape index (κ2) is 8.83. The molecule has 0 aliphatic rings. The van der Waals surface area contributed by atoms with Gasteiger partial charge < -0.3 is 9.13 Å². The largest absolute Gasteiger partial charge is 0.337 e. The van der Waals surface area contributed by atoms with Crippen LogP contribution in [0.1, 0.15) is 6.42 Å². The highest BCUT2D eigenvalue weighted by atomic mass is 32.1. The molecule has 9 heteroatoms. The summed E-state index contributed by atoms with van der Waals surface area (Å²) in [6.45, 7) is 1.51. The van der Waals surface area contributed by atoms with Crippen molar-refractivity contribution in [3.05, 3.63) is 93.4 Å². The number of imidazole rings is 1. The van der Waals surface area contributed by atoms with Gasteiger partial charge in [0.15, 0.2) is 4.80 Å². The van der Waals surface area contributed by atoms with Crippen LogP contribution in [-0.2, 0) is 13.1 Å². The highest BCUT2D eigenvalue weighted by Crippen LogP contribution is 2.24. The second-order valence-corrected chi connectivity index (χ2v) is 7.44. The number of hydrogen-bond acceptors (Lipinski definition) is 5. The van der Waals surface area contributed by atoms with Gasteiger partial charge in [0.05, 0.1) is 22.6 Å². The molecular weight excluding hydrogens is 405 g/mol. The number of hydrogen-bond donors (Lipinski definition) is 0. The summed E-state index contributed by atoms with van der Waals surface area (Å²) in [5, 5.41) is 12.9. The van der Waals surface area contributed by atoms with Gasteiger partial charge in [-0.15, -0.1) is 11.3 Å². The Morgan fingerprint density at radius 2 is 1.87 bits per heavy atom. The smallest absolute Gasteiger partial charge is 0.269 e. The van der Waals surface area contributed by atoms with E-state index in [0.29, 0.717) is 12.2 Å². The summed E-state index contributed by atoms with van der Waals surface area (Å²) in [4.78, 5) is 20.1. The summed E-state index contributed by atoms with van der Waals surface area (Å²) in [5.41, 5.74) is 2.52. The third-order valence-electron chi connectivity index (χ3n) is 4.58. The van der Waals surface area contributed by atoms with Gasteiger partial charge in [-0.3, -0.25) is 10.1 Å². The lowest BCUT2D eigenvalue weighted by Crippen LogP contribution is -2.17. The van der Waals surface area contributed by atoms with E-state index in [9.17, 15) is 14.5 Å². The van der Waals surface area contributed by atoms with E-state index in [0.717, 1.165) is 29.0 Å². The lowest BCUT2D eigenvalue weighted by Gasteiger charge is -2.10. The monoisotopic (exact) mass is 423 g/mol. The number of thiazole rings is 1. The van der Waals surface area contributed by atoms with Crippen molar-refractivity contribution in [3.8, 4) is 11.3 Å². The lowest BCUT2D eigenvalue weighted by molar-refractivity contribution is -0.384. The molecule has 4 aromatic rings. The fourth-order valence-electron chi connectivity index (χ4n) is 3.08. The minimum atomic E-state index is -0.411. The van der Waals surface area contributed by atoms with Gasteiger partial charge in [-0.25, -0.2) is 14.4 Å². The fourth-order valence-corrected chi connectivity index (χ4v) is 4.03. The van der Waals surface area contributed by atoms with Crippen molar-refractivity contribution in [1.82, 2.24) is 14.1 Å². The van der Waals surface area contributed by atoms with E-state index >= 15 is 0 Å². The Balaban J connectivity index is 1.68. The van der Waals surface area contributed by atoms with E-state index in [2.05, 4.69) is 14.5 Å². The van der Waals surface area contributed by atoms with Crippen LogP contribution in [0.5, 0.6) is 0 Å². The molecule has 4 rings (SSSR count). The number of rotatable bonds is 7. The molecule has 0 spiro atoms. The predicted octanol–water partition coefficient (Wildman–Crippen LogP) is 4.78. The van der Waals surface area contributed by atoms with Crippen molar-refractivity contribution < 1.29 is 9.31 Å². The lowest BCUT2D eigenvalue weighted by atomic mass is 10.1. The van der Waals surface area contributed by atoms with Gasteiger partial charge in [0, 0.05) is 43.0 Å². The van der Waals surface area contributed by atoms with Crippen molar-refractivity contribution in [1.29, 1.82) is 0 Å². The topological polar surface area (TPSA) is 78.2 Å². The summed E-state index contributed by atoms with van der Waals surface area (Å²) in [5.74, 6) is -0.306. The summed E-state index contributed by atoms with van der Waals surface area (Å²) < 4.78 is 17.3. The van der Waals surface area contributed by atoms with Gasteiger partial charge in [0.1, 0.15) is 5.82 Å². The normalized spacial score (nSPS) is 11.7. The molecule has 0 aliphatic carbocycles. The number of nitro benzene ring substituents is 1. The maximum absolute atomic E-state index is 13.2. The SMILES string of the molecule is O=[N+]([O-])c1ccc(-c2csc(=Nc3ccc(F)cc3)n2CCCn2ccnc2)cc1. The Labute approximate surface area is 175 Å². The van der Waals surface area contributed by atoms with E-state index in [1.165, 1.54) is 35.6 Å². The Morgan fingerprint density at radius 1 is 1.10 bits per heavy atom. The fraction of sp³-hybridized carbons (Fsp3) is 0.143. The number of aromatic nitrogens is 3. The Morgan fingerprint density at radius 3 is 2.53 bits per heavy atom. The third-order valence-corrected chi connectivity index (χ3v) is 5.44. The van der Waals surface area contributed by atoms with E-state index in [1.54, 1.807) is 36.8 Å².